The van der Waals surface area contributed by atoms with Gasteiger partial charge in [-0.05, 0) is 35.7 Å². The van der Waals surface area contributed by atoms with E-state index in [2.05, 4.69) is 10.1 Å². The summed E-state index contributed by atoms with van der Waals surface area (Å²) in [6.07, 6.45) is 5.15. The van der Waals surface area contributed by atoms with Gasteiger partial charge in [0.05, 0.1) is 25.5 Å². The number of benzene rings is 1. The van der Waals surface area contributed by atoms with Crippen LogP contribution >= 0.6 is 0 Å². The predicted molar refractivity (Wildman–Crippen MR) is 111 cm³/mol. The zero-order valence-corrected chi connectivity index (χ0v) is 17.3. The Morgan fingerprint density at radius 1 is 1.27 bits per heavy atom. The Kier molecular flexibility index (Phi) is 4.13. The van der Waals surface area contributed by atoms with E-state index >= 15 is 0 Å². The van der Waals surface area contributed by atoms with Crippen LogP contribution < -0.4 is 5.56 Å². The first-order valence-corrected chi connectivity index (χ1v) is 11.4. The van der Waals surface area contributed by atoms with Crippen LogP contribution in [0.4, 0.5) is 4.39 Å². The number of nitrogens with zero attached hydrogens (tertiary/aromatic N) is 4. The second-order valence-corrected chi connectivity index (χ2v) is 9.69. The van der Waals surface area contributed by atoms with E-state index in [1.165, 1.54) is 27.4 Å². The lowest BCUT2D eigenvalue weighted by atomic mass is 10.1. The van der Waals surface area contributed by atoms with Gasteiger partial charge in [0.15, 0.2) is 0 Å². The molecular weight excluding hydrogens is 409 g/mol. The third-order valence-corrected chi connectivity index (χ3v) is 7.14. The van der Waals surface area contributed by atoms with Gasteiger partial charge in [0.1, 0.15) is 11.3 Å². The van der Waals surface area contributed by atoms with Crippen LogP contribution in [0, 0.1) is 5.82 Å². The molecule has 0 spiro atoms. The van der Waals surface area contributed by atoms with Crippen LogP contribution in [0.5, 0.6) is 0 Å². The minimum absolute atomic E-state index is 0.198. The van der Waals surface area contributed by atoms with Gasteiger partial charge in [0.2, 0.25) is 10.0 Å². The van der Waals surface area contributed by atoms with E-state index in [1.807, 2.05) is 0 Å². The molecule has 1 N–H and O–H groups in total. The quantitative estimate of drug-likeness (QED) is 0.537. The summed E-state index contributed by atoms with van der Waals surface area (Å²) < 4.78 is 42.1. The third-order valence-electron chi connectivity index (χ3n) is 5.89. The van der Waals surface area contributed by atoms with Crippen LogP contribution in [-0.2, 0) is 36.6 Å². The molecule has 0 saturated carbocycles. The number of hydrogen-bond donors (Lipinski definition) is 1. The average Bonchev–Trinajstić information content (AvgIpc) is 3.22. The summed E-state index contributed by atoms with van der Waals surface area (Å²) in [5, 5.41) is 5.81. The van der Waals surface area contributed by atoms with E-state index in [0.29, 0.717) is 23.9 Å². The Balaban J connectivity index is 1.61. The predicted octanol–water partition coefficient (Wildman–Crippen LogP) is 1.72. The monoisotopic (exact) mass is 429 g/mol. The number of sulfonamides is 1. The van der Waals surface area contributed by atoms with E-state index in [9.17, 15) is 17.6 Å². The van der Waals surface area contributed by atoms with Gasteiger partial charge in [-0.1, -0.05) is 0 Å². The number of aromatic nitrogens is 4. The highest BCUT2D eigenvalue weighted by Crippen LogP contribution is 2.29. The fourth-order valence-electron chi connectivity index (χ4n) is 4.32. The number of aryl methyl sites for hydroxylation is 1. The molecule has 0 radical (unpaired) electrons. The standard InChI is InChI=1S/C20H20FN5O3S/c1-24-18-11-25(30(2,28)29)6-5-14(18)16-9-23-26(20(27)19(16)24)10-12-8-22-17-4-3-13(21)7-15(12)17/h3-4,7-9,22H,5-6,10-11H2,1-2H3. The molecule has 5 rings (SSSR count). The molecule has 0 atom stereocenters. The molecule has 0 fully saturated rings. The molecule has 8 nitrogen and oxygen atoms in total. The van der Waals surface area contributed by atoms with Gasteiger partial charge in [0, 0.05) is 41.8 Å². The van der Waals surface area contributed by atoms with Crippen molar-refractivity contribution in [3.05, 3.63) is 63.6 Å². The molecule has 4 aromatic rings. The molecule has 0 unspecified atom stereocenters. The van der Waals surface area contributed by atoms with Crippen molar-refractivity contribution < 1.29 is 12.8 Å². The van der Waals surface area contributed by atoms with Crippen molar-refractivity contribution in [1.29, 1.82) is 0 Å². The van der Waals surface area contributed by atoms with Crippen LogP contribution in [-0.4, -0.2) is 44.9 Å². The van der Waals surface area contributed by atoms with Crippen LogP contribution in [0.1, 0.15) is 16.8 Å². The smallest absolute Gasteiger partial charge is 0.291 e. The number of halogens is 1. The van der Waals surface area contributed by atoms with Gasteiger partial charge in [-0.15, -0.1) is 0 Å². The molecule has 0 amide bonds. The van der Waals surface area contributed by atoms with Gasteiger partial charge in [-0.25, -0.2) is 17.5 Å². The highest BCUT2D eigenvalue weighted by atomic mass is 32.2. The molecule has 10 heteroatoms. The molecular formula is C20H20FN5O3S. The summed E-state index contributed by atoms with van der Waals surface area (Å²) in [5.41, 5.74) is 3.57. The SMILES string of the molecule is Cn1c2c(c3cnn(Cc4c[nH]c5ccc(F)cc45)c(=O)c31)CCN(S(C)(=O)=O)C2. The van der Waals surface area contributed by atoms with Crippen molar-refractivity contribution in [2.45, 2.75) is 19.5 Å². The maximum atomic E-state index is 13.7. The molecule has 156 valence electrons. The number of hydrogen-bond acceptors (Lipinski definition) is 4. The van der Waals surface area contributed by atoms with Crippen molar-refractivity contribution in [1.82, 2.24) is 23.6 Å². The largest absolute Gasteiger partial charge is 0.361 e. The number of H-pyrrole nitrogens is 1. The summed E-state index contributed by atoms with van der Waals surface area (Å²) in [6.45, 7) is 0.818. The van der Waals surface area contributed by atoms with E-state index in [1.54, 1.807) is 30.1 Å². The number of nitrogens with one attached hydrogen (secondary N) is 1. The first kappa shape index (κ1) is 19.0. The minimum atomic E-state index is -3.31. The first-order valence-electron chi connectivity index (χ1n) is 9.51. The molecule has 1 aliphatic heterocycles. The lowest BCUT2D eigenvalue weighted by Gasteiger charge is -2.25. The van der Waals surface area contributed by atoms with Gasteiger partial charge in [0.25, 0.3) is 5.56 Å². The number of rotatable bonds is 3. The Hall–Kier alpha value is -2.98. The second-order valence-electron chi connectivity index (χ2n) is 7.70. The summed E-state index contributed by atoms with van der Waals surface area (Å²) in [5.74, 6) is -0.343. The lowest BCUT2D eigenvalue weighted by Crippen LogP contribution is -2.35. The molecule has 0 bridgehead atoms. The van der Waals surface area contributed by atoms with Crippen molar-refractivity contribution in [3.63, 3.8) is 0 Å². The van der Waals surface area contributed by atoms with Crippen LogP contribution in [0.15, 0.2) is 35.4 Å². The molecule has 1 aromatic carbocycles. The molecule has 4 heterocycles. The van der Waals surface area contributed by atoms with Crippen molar-refractivity contribution in [3.8, 4) is 0 Å². The Morgan fingerprint density at radius 3 is 2.83 bits per heavy atom. The first-order chi connectivity index (χ1) is 14.2. The summed E-state index contributed by atoms with van der Waals surface area (Å²) in [7, 11) is -1.54. The summed E-state index contributed by atoms with van der Waals surface area (Å²) in [6, 6.07) is 4.48. The molecule has 1 aliphatic rings. The lowest BCUT2D eigenvalue weighted by molar-refractivity contribution is 0.386. The fraction of sp³-hybridized carbons (Fsp3) is 0.300. The zero-order chi connectivity index (χ0) is 21.2. The maximum absolute atomic E-state index is 13.7. The van der Waals surface area contributed by atoms with Crippen molar-refractivity contribution >= 4 is 31.8 Å². The van der Waals surface area contributed by atoms with Crippen molar-refractivity contribution in [2.75, 3.05) is 12.8 Å². The average molecular weight is 429 g/mol. The van der Waals surface area contributed by atoms with E-state index in [0.717, 1.165) is 27.7 Å². The number of aromatic amines is 1. The topological polar surface area (TPSA) is 93.0 Å². The molecule has 0 aliphatic carbocycles. The third kappa shape index (κ3) is 2.86. The second kappa shape index (κ2) is 6.51. The summed E-state index contributed by atoms with van der Waals surface area (Å²) >= 11 is 0. The normalized spacial score (nSPS) is 15.2. The Bertz CT molecular complexity index is 1480. The molecule has 0 saturated heterocycles. The number of fused-ring (bicyclic) bond motifs is 4. The maximum Gasteiger partial charge on any atom is 0.291 e. The van der Waals surface area contributed by atoms with E-state index in [4.69, 9.17) is 0 Å². The van der Waals surface area contributed by atoms with E-state index in [-0.39, 0.29) is 24.5 Å². The Morgan fingerprint density at radius 2 is 2.07 bits per heavy atom. The Labute approximate surface area is 171 Å². The van der Waals surface area contributed by atoms with Crippen LogP contribution in [0.3, 0.4) is 0 Å². The zero-order valence-electron chi connectivity index (χ0n) is 16.5. The van der Waals surface area contributed by atoms with Crippen molar-refractivity contribution in [2.24, 2.45) is 7.05 Å². The van der Waals surface area contributed by atoms with Gasteiger partial charge >= 0.3 is 0 Å². The fourth-order valence-corrected chi connectivity index (χ4v) is 5.10. The molecule has 3 aromatic heterocycles. The van der Waals surface area contributed by atoms with Crippen LogP contribution in [0.2, 0.25) is 0 Å². The highest BCUT2D eigenvalue weighted by Gasteiger charge is 2.29. The summed E-state index contributed by atoms with van der Waals surface area (Å²) in [4.78, 5) is 16.3. The van der Waals surface area contributed by atoms with Gasteiger partial charge in [-0.2, -0.15) is 9.40 Å². The van der Waals surface area contributed by atoms with Gasteiger partial charge in [-0.3, -0.25) is 4.79 Å². The highest BCUT2D eigenvalue weighted by molar-refractivity contribution is 7.88. The van der Waals surface area contributed by atoms with Gasteiger partial charge < -0.3 is 9.55 Å². The molecule has 30 heavy (non-hydrogen) atoms. The minimum Gasteiger partial charge on any atom is -0.361 e. The van der Waals surface area contributed by atoms with Crippen LogP contribution in [0.25, 0.3) is 21.8 Å². The van der Waals surface area contributed by atoms with E-state index < -0.39 is 10.0 Å².